The van der Waals surface area contributed by atoms with E-state index in [0.29, 0.717) is 17.4 Å². The lowest BCUT2D eigenvalue weighted by Crippen LogP contribution is -2.45. The second-order valence-corrected chi connectivity index (χ2v) is 13.6. The molecule has 0 saturated heterocycles. The average molecular weight is 604 g/mol. The highest BCUT2D eigenvalue weighted by Gasteiger charge is 2.27. The molecule has 0 bridgehead atoms. The van der Waals surface area contributed by atoms with Crippen molar-refractivity contribution >= 4 is 13.7 Å². The minimum Gasteiger partial charge on any atom is -0.387 e. The van der Waals surface area contributed by atoms with Crippen molar-refractivity contribution < 1.29 is 32.9 Å². The van der Waals surface area contributed by atoms with Crippen molar-refractivity contribution in [1.82, 2.24) is 5.32 Å². The Labute approximate surface area is 252 Å². The molecule has 41 heavy (non-hydrogen) atoms. The molecule has 0 aliphatic carbocycles. The molecule has 0 saturated carbocycles. The SMILES string of the molecule is CCCCCC/C=C/CC/C=C/C(O)C(COP(=O)(O)OCC[N+](C)(C)C)NC(=O)CCCCCCCCCCC. The first-order valence-electron chi connectivity index (χ1n) is 16.2. The first kappa shape index (κ1) is 40.0. The summed E-state index contributed by atoms with van der Waals surface area (Å²) in [6.07, 6.45) is 25.4. The van der Waals surface area contributed by atoms with E-state index >= 15 is 0 Å². The number of carbonyl (C=O) groups is 1. The molecule has 242 valence electrons. The number of nitrogens with zero attached hydrogens (tertiary/aromatic N) is 1. The van der Waals surface area contributed by atoms with Gasteiger partial charge in [0.25, 0.3) is 0 Å². The van der Waals surface area contributed by atoms with E-state index in [1.54, 1.807) is 6.08 Å². The number of hydrogen-bond donors (Lipinski definition) is 3. The maximum Gasteiger partial charge on any atom is 0.472 e. The fourth-order valence-corrected chi connectivity index (χ4v) is 4.97. The van der Waals surface area contributed by atoms with Crippen LogP contribution in [0.5, 0.6) is 0 Å². The maximum absolute atomic E-state index is 12.6. The molecule has 1 amide bonds. The highest BCUT2D eigenvalue weighted by Crippen LogP contribution is 2.43. The van der Waals surface area contributed by atoms with Crippen LogP contribution in [0.4, 0.5) is 0 Å². The Kier molecular flexibility index (Phi) is 24.8. The third-order valence-electron chi connectivity index (χ3n) is 6.92. The standard InChI is InChI=1S/C32H63N2O6P/c1-6-8-10-12-14-16-18-19-21-23-25-31(35)30(29-40-41(37,38)39-28-27-34(3,4)5)33-32(36)26-24-22-20-17-15-13-11-9-7-2/h16,18,23,25,30-31,35H,6-15,17,19-22,24,26-29H2,1-5H3,(H-,33,36,37,38)/p+1/b18-16+,25-23+. The van der Waals surface area contributed by atoms with E-state index in [1.807, 2.05) is 27.2 Å². The van der Waals surface area contributed by atoms with Crippen molar-refractivity contribution in [2.24, 2.45) is 0 Å². The number of carbonyl (C=O) groups excluding carboxylic acids is 1. The minimum absolute atomic E-state index is 0.0570. The largest absolute Gasteiger partial charge is 0.472 e. The van der Waals surface area contributed by atoms with Crippen molar-refractivity contribution in [2.45, 2.75) is 135 Å². The Hall–Kier alpha value is -1.02. The summed E-state index contributed by atoms with van der Waals surface area (Å²) >= 11 is 0. The molecule has 0 aromatic heterocycles. The van der Waals surface area contributed by atoms with Gasteiger partial charge in [-0.3, -0.25) is 13.8 Å². The van der Waals surface area contributed by atoms with Gasteiger partial charge in [0.1, 0.15) is 13.2 Å². The molecule has 0 aromatic carbocycles. The Balaban J connectivity index is 4.72. The molecule has 9 heteroatoms. The van der Waals surface area contributed by atoms with Crippen LogP contribution in [0.15, 0.2) is 24.3 Å². The third-order valence-corrected chi connectivity index (χ3v) is 7.91. The Morgan fingerprint density at radius 3 is 1.95 bits per heavy atom. The highest BCUT2D eigenvalue weighted by molar-refractivity contribution is 7.47. The summed E-state index contributed by atoms with van der Waals surface area (Å²) in [7, 11) is 1.55. The summed E-state index contributed by atoms with van der Waals surface area (Å²) in [6, 6.07) is -0.853. The van der Waals surface area contributed by atoms with Gasteiger partial charge in [0.05, 0.1) is 39.9 Å². The summed E-state index contributed by atoms with van der Waals surface area (Å²) in [4.78, 5) is 22.8. The number of likely N-dealkylation sites (N-methyl/N-ethyl adjacent to an activating group) is 1. The fraction of sp³-hybridized carbons (Fsp3) is 0.844. The van der Waals surface area contributed by atoms with Gasteiger partial charge in [-0.1, -0.05) is 109 Å². The van der Waals surface area contributed by atoms with Crippen molar-refractivity contribution in [3.8, 4) is 0 Å². The van der Waals surface area contributed by atoms with Crippen molar-refractivity contribution in [3.05, 3.63) is 24.3 Å². The third kappa shape index (κ3) is 27.6. The van der Waals surface area contributed by atoms with Gasteiger partial charge in [-0.15, -0.1) is 0 Å². The molecule has 0 aliphatic rings. The summed E-state index contributed by atoms with van der Waals surface area (Å²) in [5, 5.41) is 13.6. The summed E-state index contributed by atoms with van der Waals surface area (Å²) in [5.41, 5.74) is 0. The lowest BCUT2D eigenvalue weighted by molar-refractivity contribution is -0.870. The van der Waals surface area contributed by atoms with Gasteiger partial charge in [-0.25, -0.2) is 4.57 Å². The van der Waals surface area contributed by atoms with E-state index in [1.165, 1.54) is 64.2 Å². The van der Waals surface area contributed by atoms with E-state index in [4.69, 9.17) is 9.05 Å². The van der Waals surface area contributed by atoms with Gasteiger partial charge in [0.2, 0.25) is 5.91 Å². The first-order valence-corrected chi connectivity index (χ1v) is 17.7. The number of unbranched alkanes of at least 4 members (excludes halogenated alkanes) is 13. The van der Waals surface area contributed by atoms with E-state index < -0.39 is 20.0 Å². The van der Waals surface area contributed by atoms with Crippen LogP contribution in [0.2, 0.25) is 0 Å². The number of allylic oxidation sites excluding steroid dienone is 3. The van der Waals surface area contributed by atoms with Crippen LogP contribution < -0.4 is 5.32 Å². The number of phosphoric ester groups is 1. The zero-order valence-corrected chi connectivity index (χ0v) is 27.9. The molecule has 0 radical (unpaired) electrons. The number of aliphatic hydroxyl groups is 1. The molecule has 0 spiro atoms. The van der Waals surface area contributed by atoms with Crippen LogP contribution in [0.25, 0.3) is 0 Å². The number of quaternary nitrogens is 1. The van der Waals surface area contributed by atoms with Crippen LogP contribution >= 0.6 is 7.82 Å². The van der Waals surface area contributed by atoms with Gasteiger partial charge in [0.15, 0.2) is 0 Å². The minimum atomic E-state index is -4.32. The molecule has 3 N–H and O–H groups in total. The molecule has 3 atom stereocenters. The molecule has 0 aromatic rings. The lowest BCUT2D eigenvalue weighted by Gasteiger charge is -2.25. The van der Waals surface area contributed by atoms with Gasteiger partial charge in [-0.2, -0.15) is 0 Å². The highest BCUT2D eigenvalue weighted by atomic mass is 31.2. The van der Waals surface area contributed by atoms with E-state index in [-0.39, 0.29) is 19.1 Å². The number of amides is 1. The molecule has 8 nitrogen and oxygen atoms in total. The lowest BCUT2D eigenvalue weighted by atomic mass is 10.1. The van der Waals surface area contributed by atoms with Crippen LogP contribution in [0.1, 0.15) is 123 Å². The Morgan fingerprint density at radius 1 is 0.805 bits per heavy atom. The van der Waals surface area contributed by atoms with E-state index in [0.717, 1.165) is 38.5 Å². The predicted octanol–water partition coefficient (Wildman–Crippen LogP) is 7.46. The molecule has 0 aliphatic heterocycles. The number of rotatable bonds is 28. The summed E-state index contributed by atoms with van der Waals surface area (Å²) < 4.78 is 23.3. The van der Waals surface area contributed by atoms with Crippen molar-refractivity contribution in [3.63, 3.8) is 0 Å². The first-order chi connectivity index (χ1) is 19.5. The average Bonchev–Trinajstić information content (AvgIpc) is 2.90. The van der Waals surface area contributed by atoms with E-state index in [9.17, 15) is 19.4 Å². The molecular weight excluding hydrogens is 539 g/mol. The second kappa shape index (κ2) is 25.5. The van der Waals surface area contributed by atoms with Gasteiger partial charge in [-0.05, 0) is 32.1 Å². The number of aliphatic hydroxyl groups excluding tert-OH is 1. The molecule has 0 fully saturated rings. The quantitative estimate of drug-likeness (QED) is 0.0371. The molecule has 0 heterocycles. The van der Waals surface area contributed by atoms with Gasteiger partial charge in [0, 0.05) is 6.42 Å². The number of phosphoric acid groups is 1. The van der Waals surface area contributed by atoms with E-state index in [2.05, 4.69) is 31.3 Å². The van der Waals surface area contributed by atoms with Crippen molar-refractivity contribution in [1.29, 1.82) is 0 Å². The number of hydrogen-bond acceptors (Lipinski definition) is 5. The van der Waals surface area contributed by atoms with Gasteiger partial charge >= 0.3 is 7.82 Å². The topological polar surface area (TPSA) is 105 Å². The maximum atomic E-state index is 12.6. The second-order valence-electron chi connectivity index (χ2n) is 12.2. The molecular formula is C32H64N2O6P+. The Morgan fingerprint density at radius 2 is 1.34 bits per heavy atom. The van der Waals surface area contributed by atoms with Crippen molar-refractivity contribution in [2.75, 3.05) is 40.9 Å². The molecule has 0 rings (SSSR count). The predicted molar refractivity (Wildman–Crippen MR) is 171 cm³/mol. The number of nitrogens with one attached hydrogen (secondary N) is 1. The van der Waals surface area contributed by atoms with Crippen LogP contribution in [-0.2, 0) is 18.4 Å². The van der Waals surface area contributed by atoms with Crippen LogP contribution in [0, 0.1) is 0 Å². The zero-order chi connectivity index (χ0) is 30.8. The van der Waals surface area contributed by atoms with Crippen LogP contribution in [0.3, 0.4) is 0 Å². The molecule has 3 unspecified atom stereocenters. The summed E-state index contributed by atoms with van der Waals surface area (Å²) in [5.74, 6) is -0.196. The van der Waals surface area contributed by atoms with Gasteiger partial charge < -0.3 is 19.8 Å². The monoisotopic (exact) mass is 603 g/mol. The summed E-state index contributed by atoms with van der Waals surface area (Å²) in [6.45, 7) is 4.69. The zero-order valence-electron chi connectivity index (χ0n) is 27.0. The fourth-order valence-electron chi connectivity index (χ4n) is 4.23. The normalized spacial score (nSPS) is 15.4. The van der Waals surface area contributed by atoms with Crippen LogP contribution in [-0.4, -0.2) is 73.4 Å². The smallest absolute Gasteiger partial charge is 0.387 e. The Bertz CT molecular complexity index is 738.